The summed E-state index contributed by atoms with van der Waals surface area (Å²) in [6.45, 7) is 0. The molecule has 2 heterocycles. The maximum Gasteiger partial charge on any atom is 0.416 e. The van der Waals surface area contributed by atoms with Gasteiger partial charge in [-0.3, -0.25) is 10.1 Å². The van der Waals surface area contributed by atoms with Gasteiger partial charge in [0.1, 0.15) is 5.69 Å². The van der Waals surface area contributed by atoms with Gasteiger partial charge in [-0.1, -0.05) is 12.1 Å². The molecule has 4 nitrogen and oxygen atoms in total. The zero-order chi connectivity index (χ0) is 19.7. The number of nitrogens with two attached hydrogens (primary N) is 1. The molecule has 28 heavy (non-hydrogen) atoms. The molecule has 1 aromatic carbocycles. The first-order valence-corrected chi connectivity index (χ1v) is 9.35. The number of nitrogens with zero attached hydrogens (tertiary/aromatic N) is 2. The Morgan fingerprint density at radius 2 is 1.68 bits per heavy atom. The molecule has 4 rings (SSSR count). The van der Waals surface area contributed by atoms with Crippen LogP contribution in [0.15, 0.2) is 48.8 Å². The van der Waals surface area contributed by atoms with Crippen molar-refractivity contribution in [2.75, 3.05) is 0 Å². The highest BCUT2D eigenvalue weighted by atomic mass is 19.4. The highest BCUT2D eigenvalue weighted by Crippen LogP contribution is 2.42. The fraction of sp³-hybridized carbons (Fsp3) is 0.333. The monoisotopic (exact) mass is 386 g/mol. The molecule has 146 valence electrons. The zero-order valence-electron chi connectivity index (χ0n) is 15.2. The molecule has 1 fully saturated rings. The first kappa shape index (κ1) is 18.7. The standard InChI is InChI=1S/C21H21F3N4/c22-21(23,24)16-3-1-2-15(12-16)20-18(13-8-10-26-11-9-13)19(27-28-20)14-4-6-17(25)7-5-14/h1-3,8-12,14,17H,4-7,25H2,(H,27,28)/t14-,17+. The number of aromatic nitrogens is 3. The number of pyridine rings is 1. The topological polar surface area (TPSA) is 67.6 Å². The van der Waals surface area contributed by atoms with Gasteiger partial charge in [-0.15, -0.1) is 0 Å². The summed E-state index contributed by atoms with van der Waals surface area (Å²) >= 11 is 0. The summed E-state index contributed by atoms with van der Waals surface area (Å²) in [5.41, 5.74) is 9.03. The molecular formula is C21H21F3N4. The number of alkyl halides is 3. The van der Waals surface area contributed by atoms with Crippen LogP contribution in [0.1, 0.15) is 42.9 Å². The average Bonchev–Trinajstić information content (AvgIpc) is 3.14. The van der Waals surface area contributed by atoms with Gasteiger partial charge in [0.05, 0.1) is 5.56 Å². The molecule has 1 saturated carbocycles. The van der Waals surface area contributed by atoms with Crippen LogP contribution in [0.3, 0.4) is 0 Å². The Morgan fingerprint density at radius 1 is 0.964 bits per heavy atom. The van der Waals surface area contributed by atoms with Gasteiger partial charge in [-0.2, -0.15) is 18.3 Å². The molecule has 0 unspecified atom stereocenters. The molecule has 0 aliphatic heterocycles. The fourth-order valence-electron chi connectivity index (χ4n) is 3.92. The van der Waals surface area contributed by atoms with Crippen molar-refractivity contribution in [1.29, 1.82) is 0 Å². The second-order valence-corrected chi connectivity index (χ2v) is 7.29. The number of aromatic amines is 1. The lowest BCUT2D eigenvalue weighted by Crippen LogP contribution is -2.26. The SMILES string of the molecule is N[C@H]1CC[C@@H](c2[nH]nc(-c3cccc(C(F)(F)F)c3)c2-c2ccncc2)CC1. The Balaban J connectivity index is 1.82. The minimum absolute atomic E-state index is 0.214. The number of hydrogen-bond donors (Lipinski definition) is 2. The summed E-state index contributed by atoms with van der Waals surface area (Å²) in [6.07, 6.45) is 2.69. The molecule has 0 spiro atoms. The van der Waals surface area contributed by atoms with Crippen LogP contribution in [0.25, 0.3) is 22.4 Å². The van der Waals surface area contributed by atoms with Crippen LogP contribution in [0.4, 0.5) is 13.2 Å². The second-order valence-electron chi connectivity index (χ2n) is 7.29. The van der Waals surface area contributed by atoms with E-state index in [-0.39, 0.29) is 12.0 Å². The highest BCUT2D eigenvalue weighted by Gasteiger charge is 2.32. The van der Waals surface area contributed by atoms with Crippen molar-refractivity contribution in [3.8, 4) is 22.4 Å². The van der Waals surface area contributed by atoms with E-state index < -0.39 is 11.7 Å². The van der Waals surface area contributed by atoms with Gasteiger partial charge >= 0.3 is 6.18 Å². The van der Waals surface area contributed by atoms with Crippen molar-refractivity contribution in [2.45, 2.75) is 43.8 Å². The maximum atomic E-state index is 13.2. The Morgan fingerprint density at radius 3 is 2.36 bits per heavy atom. The van der Waals surface area contributed by atoms with E-state index in [0.717, 1.165) is 54.6 Å². The van der Waals surface area contributed by atoms with Crippen LogP contribution in [0.5, 0.6) is 0 Å². The van der Waals surface area contributed by atoms with Crippen LogP contribution >= 0.6 is 0 Å². The number of benzene rings is 1. The summed E-state index contributed by atoms with van der Waals surface area (Å²) in [5.74, 6) is 0.259. The molecule has 2 aromatic heterocycles. The minimum atomic E-state index is -4.40. The number of H-pyrrole nitrogens is 1. The summed E-state index contributed by atoms with van der Waals surface area (Å²) in [7, 11) is 0. The Kier molecular flexibility index (Phi) is 4.93. The Labute approximate surface area is 161 Å². The molecular weight excluding hydrogens is 365 g/mol. The van der Waals surface area contributed by atoms with Crippen LogP contribution < -0.4 is 5.73 Å². The Bertz CT molecular complexity index is 942. The first-order chi connectivity index (χ1) is 13.4. The smallest absolute Gasteiger partial charge is 0.328 e. The molecule has 7 heteroatoms. The van der Waals surface area contributed by atoms with Crippen LogP contribution in [-0.2, 0) is 6.18 Å². The molecule has 3 aromatic rings. The summed E-state index contributed by atoms with van der Waals surface area (Å²) in [5, 5.41) is 7.56. The van der Waals surface area contributed by atoms with E-state index in [2.05, 4.69) is 15.2 Å². The van der Waals surface area contributed by atoms with Crippen molar-refractivity contribution in [3.63, 3.8) is 0 Å². The van der Waals surface area contributed by atoms with Crippen molar-refractivity contribution >= 4 is 0 Å². The molecule has 1 aliphatic carbocycles. The number of hydrogen-bond acceptors (Lipinski definition) is 3. The third kappa shape index (κ3) is 3.67. The number of nitrogens with one attached hydrogen (secondary N) is 1. The lowest BCUT2D eigenvalue weighted by molar-refractivity contribution is -0.137. The summed E-state index contributed by atoms with van der Waals surface area (Å²) in [4.78, 5) is 4.06. The van der Waals surface area contributed by atoms with Crippen LogP contribution in [-0.4, -0.2) is 21.2 Å². The summed E-state index contributed by atoms with van der Waals surface area (Å²) in [6, 6.07) is 9.25. The largest absolute Gasteiger partial charge is 0.416 e. The van der Waals surface area contributed by atoms with E-state index >= 15 is 0 Å². The molecule has 0 atom stereocenters. The predicted octanol–water partition coefficient (Wildman–Crippen LogP) is 5.14. The van der Waals surface area contributed by atoms with Crippen LogP contribution in [0.2, 0.25) is 0 Å². The maximum absolute atomic E-state index is 13.2. The lowest BCUT2D eigenvalue weighted by atomic mass is 9.82. The second kappa shape index (κ2) is 7.39. The number of halogens is 3. The van der Waals surface area contributed by atoms with Crippen molar-refractivity contribution < 1.29 is 13.2 Å². The Hall–Kier alpha value is -2.67. The van der Waals surface area contributed by atoms with Gasteiger partial charge in [0, 0.05) is 41.2 Å². The van der Waals surface area contributed by atoms with E-state index in [0.29, 0.717) is 11.3 Å². The number of rotatable bonds is 3. The summed E-state index contributed by atoms with van der Waals surface area (Å²) < 4.78 is 39.6. The fourth-order valence-corrected chi connectivity index (χ4v) is 3.92. The van der Waals surface area contributed by atoms with E-state index in [4.69, 9.17) is 5.73 Å². The predicted molar refractivity (Wildman–Crippen MR) is 101 cm³/mol. The van der Waals surface area contributed by atoms with Gasteiger partial charge < -0.3 is 5.73 Å². The molecule has 0 saturated heterocycles. The molecule has 0 bridgehead atoms. The highest BCUT2D eigenvalue weighted by molar-refractivity contribution is 5.83. The van der Waals surface area contributed by atoms with E-state index in [1.54, 1.807) is 18.5 Å². The normalized spacial score (nSPS) is 20.3. The zero-order valence-corrected chi connectivity index (χ0v) is 15.2. The third-order valence-electron chi connectivity index (χ3n) is 5.41. The van der Waals surface area contributed by atoms with Gasteiger partial charge in [0.2, 0.25) is 0 Å². The van der Waals surface area contributed by atoms with E-state index in [1.807, 2.05) is 12.1 Å². The molecule has 0 radical (unpaired) electrons. The van der Waals surface area contributed by atoms with Gasteiger partial charge in [-0.05, 0) is 55.5 Å². The lowest BCUT2D eigenvalue weighted by Gasteiger charge is -2.26. The third-order valence-corrected chi connectivity index (χ3v) is 5.41. The van der Waals surface area contributed by atoms with E-state index in [1.165, 1.54) is 6.07 Å². The van der Waals surface area contributed by atoms with Crippen LogP contribution in [0, 0.1) is 0 Å². The van der Waals surface area contributed by atoms with Gasteiger partial charge in [0.25, 0.3) is 0 Å². The molecule has 0 amide bonds. The van der Waals surface area contributed by atoms with Crippen molar-refractivity contribution in [2.24, 2.45) is 5.73 Å². The van der Waals surface area contributed by atoms with Crippen molar-refractivity contribution in [3.05, 3.63) is 60.0 Å². The first-order valence-electron chi connectivity index (χ1n) is 9.35. The molecule has 1 aliphatic rings. The minimum Gasteiger partial charge on any atom is -0.328 e. The molecule has 3 N–H and O–H groups in total. The van der Waals surface area contributed by atoms with Gasteiger partial charge in [0.15, 0.2) is 0 Å². The van der Waals surface area contributed by atoms with E-state index in [9.17, 15) is 13.2 Å². The van der Waals surface area contributed by atoms with Crippen molar-refractivity contribution in [1.82, 2.24) is 15.2 Å². The van der Waals surface area contributed by atoms with Gasteiger partial charge in [-0.25, -0.2) is 0 Å². The quantitative estimate of drug-likeness (QED) is 0.655. The average molecular weight is 386 g/mol.